The number of pyridine rings is 1. The minimum Gasteiger partial charge on any atom is -0.475 e. The van der Waals surface area contributed by atoms with Gasteiger partial charge in [-0.25, -0.2) is 9.18 Å². The van der Waals surface area contributed by atoms with Crippen LogP contribution in [0.1, 0.15) is 30.5 Å². The Hall–Kier alpha value is -3.50. The second-order valence-corrected chi connectivity index (χ2v) is 8.57. The van der Waals surface area contributed by atoms with E-state index in [2.05, 4.69) is 4.98 Å². The molecular formula is C24H25F4N3O4. The number of amides is 2. The third-order valence-corrected chi connectivity index (χ3v) is 6.24. The van der Waals surface area contributed by atoms with Gasteiger partial charge in [-0.2, -0.15) is 13.2 Å². The number of alkyl halides is 3. The fraction of sp³-hybridized carbons (Fsp3) is 0.417. The zero-order valence-corrected chi connectivity index (χ0v) is 18.8. The lowest BCUT2D eigenvalue weighted by atomic mass is 9.77. The first kappa shape index (κ1) is 26.1. The lowest BCUT2D eigenvalue weighted by Gasteiger charge is -2.38. The van der Waals surface area contributed by atoms with Crippen molar-refractivity contribution in [3.8, 4) is 0 Å². The number of carboxylic acids is 1. The number of hydrogen-bond acceptors (Lipinski definition) is 4. The SMILES string of the molecule is O=C(Cc1ccccn1)N1CCC2(CC1)CCN(Cc1cccc(F)c1)C2=O.O=C(O)C(F)(F)F. The number of nitrogens with zero attached hydrogens (tertiary/aromatic N) is 3. The Bertz CT molecular complexity index is 1050. The number of hydrogen-bond donors (Lipinski definition) is 1. The molecule has 1 aromatic carbocycles. The van der Waals surface area contributed by atoms with Crippen LogP contribution in [0, 0.1) is 11.2 Å². The monoisotopic (exact) mass is 495 g/mol. The quantitative estimate of drug-likeness (QED) is 0.657. The van der Waals surface area contributed by atoms with E-state index in [1.165, 1.54) is 12.1 Å². The number of carboxylic acid groups (broad SMARTS) is 1. The van der Waals surface area contributed by atoms with Crippen LogP contribution >= 0.6 is 0 Å². The van der Waals surface area contributed by atoms with Crippen LogP contribution in [0.3, 0.4) is 0 Å². The minimum atomic E-state index is -5.08. The maximum absolute atomic E-state index is 13.4. The zero-order valence-electron chi connectivity index (χ0n) is 18.8. The van der Waals surface area contributed by atoms with Gasteiger partial charge in [0.1, 0.15) is 5.82 Å². The average Bonchev–Trinajstić information content (AvgIpc) is 3.10. The molecule has 4 rings (SSSR count). The van der Waals surface area contributed by atoms with Crippen LogP contribution in [0.4, 0.5) is 17.6 Å². The second-order valence-electron chi connectivity index (χ2n) is 8.57. The summed E-state index contributed by atoms with van der Waals surface area (Å²) in [6.45, 7) is 2.34. The highest BCUT2D eigenvalue weighted by Gasteiger charge is 2.48. The summed E-state index contributed by atoms with van der Waals surface area (Å²) in [5, 5.41) is 7.12. The highest BCUT2D eigenvalue weighted by atomic mass is 19.4. The van der Waals surface area contributed by atoms with E-state index in [0.717, 1.165) is 17.7 Å². The van der Waals surface area contributed by atoms with Gasteiger partial charge in [0.15, 0.2) is 0 Å². The molecule has 1 spiro atoms. The van der Waals surface area contributed by atoms with E-state index in [-0.39, 0.29) is 23.0 Å². The third-order valence-electron chi connectivity index (χ3n) is 6.24. The molecule has 3 heterocycles. The highest BCUT2D eigenvalue weighted by molar-refractivity contribution is 5.85. The first-order chi connectivity index (χ1) is 16.5. The average molecular weight is 495 g/mol. The van der Waals surface area contributed by atoms with Crippen molar-refractivity contribution >= 4 is 17.8 Å². The summed E-state index contributed by atoms with van der Waals surface area (Å²) in [6, 6.07) is 12.0. The van der Waals surface area contributed by atoms with Gasteiger partial charge in [0.25, 0.3) is 0 Å². The van der Waals surface area contributed by atoms with Gasteiger partial charge >= 0.3 is 12.1 Å². The van der Waals surface area contributed by atoms with Crippen molar-refractivity contribution in [3.63, 3.8) is 0 Å². The normalized spacial score (nSPS) is 17.2. The van der Waals surface area contributed by atoms with Crippen LogP contribution in [0.25, 0.3) is 0 Å². The van der Waals surface area contributed by atoms with Crippen molar-refractivity contribution in [1.82, 2.24) is 14.8 Å². The van der Waals surface area contributed by atoms with E-state index < -0.39 is 12.1 Å². The fourth-order valence-corrected chi connectivity index (χ4v) is 4.32. The van der Waals surface area contributed by atoms with Crippen molar-refractivity contribution in [2.45, 2.75) is 38.4 Å². The standard InChI is InChI=1S/C22H24FN3O2.C2HF3O2/c23-18-5-3-4-17(14-18)16-26-13-9-22(21(26)28)7-11-25(12-8-22)20(27)15-19-6-1-2-10-24-19;3-2(4,5)1(6)7/h1-6,10,14H,7-9,11-13,15-16H2;(H,6,7). The Labute approximate surface area is 199 Å². The van der Waals surface area contributed by atoms with Gasteiger partial charge < -0.3 is 14.9 Å². The Morgan fingerprint density at radius 3 is 2.26 bits per heavy atom. The molecule has 35 heavy (non-hydrogen) atoms. The van der Waals surface area contributed by atoms with Gasteiger partial charge in [-0.15, -0.1) is 0 Å². The summed E-state index contributed by atoms with van der Waals surface area (Å²) in [6.07, 6.45) is -0.895. The Morgan fingerprint density at radius 1 is 1.03 bits per heavy atom. The summed E-state index contributed by atoms with van der Waals surface area (Å²) in [4.78, 5) is 42.4. The molecule has 2 saturated heterocycles. The zero-order chi connectivity index (χ0) is 25.6. The van der Waals surface area contributed by atoms with E-state index in [9.17, 15) is 27.2 Å². The van der Waals surface area contributed by atoms with Crippen LogP contribution in [0.5, 0.6) is 0 Å². The Morgan fingerprint density at radius 2 is 1.69 bits per heavy atom. The maximum atomic E-state index is 13.4. The molecule has 1 N–H and O–H groups in total. The van der Waals surface area contributed by atoms with Crippen molar-refractivity contribution in [1.29, 1.82) is 0 Å². The highest BCUT2D eigenvalue weighted by Crippen LogP contribution is 2.42. The number of rotatable bonds is 4. The number of likely N-dealkylation sites (tertiary alicyclic amines) is 2. The van der Waals surface area contributed by atoms with Crippen LogP contribution in [0.2, 0.25) is 0 Å². The molecule has 0 bridgehead atoms. The van der Waals surface area contributed by atoms with Gasteiger partial charge in [0, 0.05) is 38.1 Å². The molecule has 7 nitrogen and oxygen atoms in total. The molecule has 2 aliphatic heterocycles. The molecule has 2 aromatic rings. The van der Waals surface area contributed by atoms with Gasteiger partial charge in [-0.3, -0.25) is 14.6 Å². The molecule has 188 valence electrons. The van der Waals surface area contributed by atoms with Crippen molar-refractivity contribution < 1.29 is 37.1 Å². The number of aromatic nitrogens is 1. The topological polar surface area (TPSA) is 90.8 Å². The summed E-state index contributed by atoms with van der Waals surface area (Å²) in [7, 11) is 0. The molecule has 2 amide bonds. The maximum Gasteiger partial charge on any atom is 0.490 e. The molecule has 1 aromatic heterocycles. The molecule has 0 saturated carbocycles. The van der Waals surface area contributed by atoms with Crippen LogP contribution in [-0.4, -0.2) is 63.5 Å². The fourth-order valence-electron chi connectivity index (χ4n) is 4.32. The number of carbonyl (C=O) groups is 3. The predicted octanol–water partition coefficient (Wildman–Crippen LogP) is 3.44. The number of piperidine rings is 1. The van der Waals surface area contributed by atoms with E-state index >= 15 is 0 Å². The summed E-state index contributed by atoms with van der Waals surface area (Å²) >= 11 is 0. The molecule has 0 radical (unpaired) electrons. The van der Waals surface area contributed by atoms with Gasteiger partial charge in [0.05, 0.1) is 11.8 Å². The first-order valence-corrected chi connectivity index (χ1v) is 11.0. The first-order valence-electron chi connectivity index (χ1n) is 11.0. The minimum absolute atomic E-state index is 0.0654. The Kier molecular flexibility index (Phi) is 8.08. The van der Waals surface area contributed by atoms with Crippen molar-refractivity contribution in [2.24, 2.45) is 5.41 Å². The largest absolute Gasteiger partial charge is 0.490 e. The van der Waals surface area contributed by atoms with Gasteiger partial charge in [0.2, 0.25) is 11.8 Å². The number of carbonyl (C=O) groups excluding carboxylic acids is 2. The molecule has 0 unspecified atom stereocenters. The number of aliphatic carboxylic acids is 1. The van der Waals surface area contributed by atoms with Crippen molar-refractivity contribution in [2.75, 3.05) is 19.6 Å². The lowest BCUT2D eigenvalue weighted by molar-refractivity contribution is -0.192. The smallest absolute Gasteiger partial charge is 0.475 e. The lowest BCUT2D eigenvalue weighted by Crippen LogP contribution is -2.47. The van der Waals surface area contributed by atoms with E-state index in [1.807, 2.05) is 34.1 Å². The summed E-state index contributed by atoms with van der Waals surface area (Å²) < 4.78 is 45.2. The number of benzene rings is 1. The van der Waals surface area contributed by atoms with E-state index in [4.69, 9.17) is 9.90 Å². The summed E-state index contributed by atoms with van der Waals surface area (Å²) in [5.41, 5.74) is 1.22. The second kappa shape index (κ2) is 10.8. The van der Waals surface area contributed by atoms with Crippen molar-refractivity contribution in [3.05, 3.63) is 65.7 Å². The summed E-state index contributed by atoms with van der Waals surface area (Å²) in [5.74, 6) is -2.82. The molecule has 2 fully saturated rings. The third kappa shape index (κ3) is 6.77. The predicted molar refractivity (Wildman–Crippen MR) is 116 cm³/mol. The Balaban J connectivity index is 0.000000429. The van der Waals surface area contributed by atoms with E-state index in [1.54, 1.807) is 12.3 Å². The van der Waals surface area contributed by atoms with Gasteiger partial charge in [-0.05, 0) is 49.1 Å². The van der Waals surface area contributed by atoms with Crippen LogP contribution in [0.15, 0.2) is 48.7 Å². The van der Waals surface area contributed by atoms with Crippen LogP contribution in [-0.2, 0) is 27.3 Å². The van der Waals surface area contributed by atoms with E-state index in [0.29, 0.717) is 45.4 Å². The van der Waals surface area contributed by atoms with Gasteiger partial charge in [-0.1, -0.05) is 18.2 Å². The van der Waals surface area contributed by atoms with Crippen LogP contribution < -0.4 is 0 Å². The molecule has 2 aliphatic rings. The number of halogens is 4. The molecular weight excluding hydrogens is 470 g/mol. The molecule has 11 heteroatoms. The molecule has 0 aliphatic carbocycles. The molecule has 0 atom stereocenters.